The maximum Gasteiger partial charge on any atom is 0.254 e. The van der Waals surface area contributed by atoms with Crippen molar-refractivity contribution in [2.75, 3.05) is 13.1 Å². The normalized spacial score (nSPS) is 16.2. The van der Waals surface area contributed by atoms with Crippen molar-refractivity contribution < 1.29 is 17.9 Å². The van der Waals surface area contributed by atoms with Crippen molar-refractivity contribution >= 4 is 10.0 Å². The summed E-state index contributed by atoms with van der Waals surface area (Å²) in [5.41, 5.74) is 0.697. The van der Waals surface area contributed by atoms with Crippen molar-refractivity contribution in [3.63, 3.8) is 0 Å². The van der Waals surface area contributed by atoms with E-state index in [-0.39, 0.29) is 22.7 Å². The second-order valence-electron chi connectivity index (χ2n) is 7.59. The summed E-state index contributed by atoms with van der Waals surface area (Å²) in [6, 6.07) is 9.82. The molecule has 1 saturated heterocycles. The number of rotatable bonds is 6. The van der Waals surface area contributed by atoms with Crippen molar-refractivity contribution in [3.05, 3.63) is 52.4 Å². The van der Waals surface area contributed by atoms with E-state index in [2.05, 4.69) is 0 Å². The molecular formula is C21H28N2O5S. The zero-order chi connectivity index (χ0) is 21.2. The first-order valence-corrected chi connectivity index (χ1v) is 11.2. The number of pyridine rings is 1. The fourth-order valence-corrected chi connectivity index (χ4v) is 4.77. The van der Waals surface area contributed by atoms with Gasteiger partial charge in [0.25, 0.3) is 5.56 Å². The van der Waals surface area contributed by atoms with Crippen LogP contribution in [-0.4, -0.2) is 42.6 Å². The lowest BCUT2D eigenvalue weighted by atomic mass is 10.1. The maximum atomic E-state index is 12.9. The number of benzene rings is 1. The minimum Gasteiger partial charge on any atom is -0.491 e. The van der Waals surface area contributed by atoms with E-state index >= 15 is 0 Å². The van der Waals surface area contributed by atoms with E-state index in [1.54, 1.807) is 35.9 Å². The quantitative estimate of drug-likeness (QED) is 0.718. The molecule has 2 aromatic rings. The minimum absolute atomic E-state index is 0.0325. The lowest BCUT2D eigenvalue weighted by molar-refractivity contribution is 0.134. The molecule has 0 bridgehead atoms. The predicted molar refractivity (Wildman–Crippen MR) is 111 cm³/mol. The number of aromatic nitrogens is 1. The third-order valence-electron chi connectivity index (χ3n) is 5.01. The summed E-state index contributed by atoms with van der Waals surface area (Å²) >= 11 is 0. The average Bonchev–Trinajstić information content (AvgIpc) is 2.66. The van der Waals surface area contributed by atoms with E-state index in [0.29, 0.717) is 37.4 Å². The van der Waals surface area contributed by atoms with Crippen molar-refractivity contribution in [2.24, 2.45) is 7.05 Å². The van der Waals surface area contributed by atoms with Gasteiger partial charge in [-0.3, -0.25) is 4.79 Å². The zero-order valence-corrected chi connectivity index (χ0v) is 18.1. The molecule has 1 aromatic carbocycles. The van der Waals surface area contributed by atoms with Crippen molar-refractivity contribution in [1.29, 1.82) is 0 Å². The van der Waals surface area contributed by atoms with Gasteiger partial charge < -0.3 is 14.0 Å². The van der Waals surface area contributed by atoms with Gasteiger partial charge in [-0.1, -0.05) is 0 Å². The molecule has 0 aliphatic carbocycles. The smallest absolute Gasteiger partial charge is 0.254 e. The second-order valence-corrected chi connectivity index (χ2v) is 9.53. The molecule has 29 heavy (non-hydrogen) atoms. The second kappa shape index (κ2) is 8.59. The molecule has 2 heterocycles. The molecule has 1 aliphatic rings. The molecule has 0 atom stereocenters. The standard InChI is InChI=1S/C21H28N2O5S/c1-15(2)27-17-5-7-20(8-6-17)29(25,26)23-11-9-18(10-12-23)28-19-13-16(3)22(4)21(24)14-19/h5-8,13-15,18H,9-12H2,1-4H3. The fourth-order valence-electron chi connectivity index (χ4n) is 3.30. The molecule has 0 amide bonds. The molecule has 7 nitrogen and oxygen atoms in total. The Kier molecular flexibility index (Phi) is 6.33. The molecule has 0 unspecified atom stereocenters. The summed E-state index contributed by atoms with van der Waals surface area (Å²) in [5, 5.41) is 0. The molecule has 1 aliphatic heterocycles. The summed E-state index contributed by atoms with van der Waals surface area (Å²) in [5.74, 6) is 1.18. The van der Waals surface area contributed by atoms with E-state index < -0.39 is 10.0 Å². The van der Waals surface area contributed by atoms with E-state index in [0.717, 1.165) is 5.69 Å². The van der Waals surface area contributed by atoms with Crippen LogP contribution in [0.15, 0.2) is 46.1 Å². The third kappa shape index (κ3) is 5.00. The van der Waals surface area contributed by atoms with Gasteiger partial charge in [0, 0.05) is 31.9 Å². The van der Waals surface area contributed by atoms with Gasteiger partial charge in [0.2, 0.25) is 10.0 Å². The first-order valence-electron chi connectivity index (χ1n) is 9.78. The Bertz CT molecular complexity index is 1000. The lowest BCUT2D eigenvalue weighted by Crippen LogP contribution is -2.41. The number of ether oxygens (including phenoxy) is 2. The third-order valence-corrected chi connectivity index (χ3v) is 6.93. The summed E-state index contributed by atoms with van der Waals surface area (Å²) in [4.78, 5) is 12.2. The predicted octanol–water partition coefficient (Wildman–Crippen LogP) is 2.71. The van der Waals surface area contributed by atoms with Crippen molar-refractivity contribution in [1.82, 2.24) is 8.87 Å². The van der Waals surface area contributed by atoms with Crippen molar-refractivity contribution in [3.8, 4) is 11.5 Å². The Balaban J connectivity index is 1.63. The Labute approximate surface area is 171 Å². The SMILES string of the molecule is Cc1cc(OC2CCN(S(=O)(=O)c3ccc(OC(C)C)cc3)CC2)cc(=O)n1C. The monoisotopic (exact) mass is 420 g/mol. The molecule has 0 N–H and O–H groups in total. The number of sulfonamides is 1. The van der Waals surface area contributed by atoms with Crippen LogP contribution in [0.1, 0.15) is 32.4 Å². The van der Waals surface area contributed by atoms with E-state index in [1.807, 2.05) is 26.8 Å². The maximum absolute atomic E-state index is 12.9. The van der Waals surface area contributed by atoms with Gasteiger partial charge in [0.1, 0.15) is 17.6 Å². The Morgan fingerprint density at radius 1 is 1.03 bits per heavy atom. The molecule has 0 spiro atoms. The molecule has 1 fully saturated rings. The van der Waals surface area contributed by atoms with E-state index in [4.69, 9.17) is 9.47 Å². The van der Waals surface area contributed by atoms with Gasteiger partial charge in [0.05, 0.1) is 11.0 Å². The van der Waals surface area contributed by atoms with Crippen LogP contribution < -0.4 is 15.0 Å². The lowest BCUT2D eigenvalue weighted by Gasteiger charge is -2.31. The van der Waals surface area contributed by atoms with Gasteiger partial charge in [-0.2, -0.15) is 4.31 Å². The number of nitrogens with zero attached hydrogens (tertiary/aromatic N) is 2. The van der Waals surface area contributed by atoms with Crippen LogP contribution in [0.4, 0.5) is 0 Å². The van der Waals surface area contributed by atoms with Crippen LogP contribution in [0.5, 0.6) is 11.5 Å². The molecular weight excluding hydrogens is 392 g/mol. The summed E-state index contributed by atoms with van der Waals surface area (Å²) < 4.78 is 40.4. The number of piperidine rings is 1. The fraction of sp³-hybridized carbons (Fsp3) is 0.476. The topological polar surface area (TPSA) is 77.8 Å². The van der Waals surface area contributed by atoms with Crippen LogP contribution in [0.3, 0.4) is 0 Å². The van der Waals surface area contributed by atoms with Crippen LogP contribution in [0, 0.1) is 6.92 Å². The number of hydrogen-bond acceptors (Lipinski definition) is 5. The van der Waals surface area contributed by atoms with Gasteiger partial charge in [-0.05, 0) is 63.9 Å². The summed E-state index contributed by atoms with van der Waals surface area (Å²) in [6.45, 7) is 6.44. The molecule has 0 saturated carbocycles. The molecule has 158 valence electrons. The van der Waals surface area contributed by atoms with Gasteiger partial charge in [-0.15, -0.1) is 0 Å². The van der Waals surface area contributed by atoms with Crippen LogP contribution in [0.25, 0.3) is 0 Å². The number of aryl methyl sites for hydroxylation is 1. The highest BCUT2D eigenvalue weighted by Gasteiger charge is 2.30. The highest BCUT2D eigenvalue weighted by Crippen LogP contribution is 2.25. The Hall–Kier alpha value is -2.32. The van der Waals surface area contributed by atoms with Gasteiger partial charge >= 0.3 is 0 Å². The van der Waals surface area contributed by atoms with Crippen LogP contribution >= 0.6 is 0 Å². The number of hydrogen-bond donors (Lipinski definition) is 0. The van der Waals surface area contributed by atoms with E-state index in [9.17, 15) is 13.2 Å². The summed E-state index contributed by atoms with van der Waals surface area (Å²) in [7, 11) is -1.84. The molecule has 3 rings (SSSR count). The Morgan fingerprint density at radius 2 is 1.66 bits per heavy atom. The summed E-state index contributed by atoms with van der Waals surface area (Å²) in [6.07, 6.45) is 1.06. The molecule has 1 aromatic heterocycles. The highest BCUT2D eigenvalue weighted by atomic mass is 32.2. The molecule has 8 heteroatoms. The van der Waals surface area contributed by atoms with Crippen molar-refractivity contribution in [2.45, 2.75) is 50.7 Å². The van der Waals surface area contributed by atoms with E-state index in [1.165, 1.54) is 10.4 Å². The Morgan fingerprint density at radius 3 is 2.21 bits per heavy atom. The van der Waals surface area contributed by atoms with Gasteiger partial charge in [-0.25, -0.2) is 8.42 Å². The highest BCUT2D eigenvalue weighted by molar-refractivity contribution is 7.89. The zero-order valence-electron chi connectivity index (χ0n) is 17.3. The molecule has 0 radical (unpaired) electrons. The first kappa shape index (κ1) is 21.4. The van der Waals surface area contributed by atoms with Crippen LogP contribution in [-0.2, 0) is 17.1 Å². The largest absolute Gasteiger partial charge is 0.491 e. The first-order chi connectivity index (χ1) is 13.7. The minimum atomic E-state index is -3.55. The van der Waals surface area contributed by atoms with Gasteiger partial charge in [0.15, 0.2) is 0 Å². The average molecular weight is 421 g/mol. The van der Waals surface area contributed by atoms with Crippen LogP contribution in [0.2, 0.25) is 0 Å².